The fourth-order valence-corrected chi connectivity index (χ4v) is 2.62. The van der Waals surface area contributed by atoms with E-state index >= 15 is 0 Å². The Morgan fingerprint density at radius 1 is 1.24 bits per heavy atom. The second-order valence-corrected chi connectivity index (χ2v) is 5.09. The first-order valence-corrected chi connectivity index (χ1v) is 7.32. The lowest BCUT2D eigenvalue weighted by atomic mass is 10.0. The SMILES string of the molecule is BrCC(OCC1CCOCC1)c1ccccc1. The first kappa shape index (κ1) is 13.1. The molecule has 1 aliphatic heterocycles. The number of halogens is 1. The van der Waals surface area contributed by atoms with Crippen LogP contribution in [0.25, 0.3) is 0 Å². The molecule has 0 radical (unpaired) electrons. The maximum Gasteiger partial charge on any atom is 0.0921 e. The van der Waals surface area contributed by atoms with Gasteiger partial charge in [0, 0.05) is 18.5 Å². The Bertz CT molecular complexity index is 309. The number of benzene rings is 1. The lowest BCUT2D eigenvalue weighted by molar-refractivity contribution is -0.00373. The van der Waals surface area contributed by atoms with E-state index in [1.165, 1.54) is 5.56 Å². The molecule has 2 nitrogen and oxygen atoms in total. The number of hydrogen-bond donors (Lipinski definition) is 0. The van der Waals surface area contributed by atoms with Crippen LogP contribution in [0.1, 0.15) is 24.5 Å². The van der Waals surface area contributed by atoms with Crippen molar-refractivity contribution in [2.24, 2.45) is 5.92 Å². The third-order valence-corrected chi connectivity index (χ3v) is 3.77. The summed E-state index contributed by atoms with van der Waals surface area (Å²) in [7, 11) is 0. The largest absolute Gasteiger partial charge is 0.381 e. The van der Waals surface area contributed by atoms with Gasteiger partial charge in [-0.3, -0.25) is 0 Å². The van der Waals surface area contributed by atoms with Gasteiger partial charge in [-0.15, -0.1) is 0 Å². The summed E-state index contributed by atoms with van der Waals surface area (Å²) in [6.07, 6.45) is 2.42. The molecule has 2 rings (SSSR count). The maximum absolute atomic E-state index is 6.01. The van der Waals surface area contributed by atoms with Crippen LogP contribution in [-0.2, 0) is 9.47 Å². The summed E-state index contributed by atoms with van der Waals surface area (Å²) in [6, 6.07) is 10.4. The Labute approximate surface area is 111 Å². The van der Waals surface area contributed by atoms with Gasteiger partial charge >= 0.3 is 0 Å². The highest BCUT2D eigenvalue weighted by molar-refractivity contribution is 9.09. The van der Waals surface area contributed by atoms with Crippen molar-refractivity contribution in [3.63, 3.8) is 0 Å². The van der Waals surface area contributed by atoms with Crippen molar-refractivity contribution in [3.8, 4) is 0 Å². The molecule has 1 heterocycles. The van der Waals surface area contributed by atoms with Crippen molar-refractivity contribution in [2.75, 3.05) is 25.2 Å². The summed E-state index contributed by atoms with van der Waals surface area (Å²) in [5.74, 6) is 0.661. The Balaban J connectivity index is 1.83. The maximum atomic E-state index is 6.01. The van der Waals surface area contributed by atoms with Gasteiger partial charge < -0.3 is 9.47 Å². The molecule has 0 spiro atoms. The Morgan fingerprint density at radius 2 is 1.94 bits per heavy atom. The van der Waals surface area contributed by atoms with Gasteiger partial charge in [0.1, 0.15) is 0 Å². The highest BCUT2D eigenvalue weighted by Crippen LogP contribution is 2.23. The van der Waals surface area contributed by atoms with Crippen LogP contribution in [0.5, 0.6) is 0 Å². The van der Waals surface area contributed by atoms with Crippen LogP contribution in [0.15, 0.2) is 30.3 Å². The van der Waals surface area contributed by atoms with Gasteiger partial charge in [0.05, 0.1) is 12.7 Å². The van der Waals surface area contributed by atoms with Gasteiger partial charge in [0.2, 0.25) is 0 Å². The fourth-order valence-electron chi connectivity index (χ4n) is 2.06. The number of alkyl halides is 1. The molecule has 1 saturated heterocycles. The standard InChI is InChI=1S/C14H19BrO2/c15-10-14(13-4-2-1-3-5-13)17-11-12-6-8-16-9-7-12/h1-5,12,14H,6-11H2. The summed E-state index contributed by atoms with van der Waals surface area (Å²) < 4.78 is 11.4. The molecular weight excluding hydrogens is 280 g/mol. The number of rotatable bonds is 5. The highest BCUT2D eigenvalue weighted by atomic mass is 79.9. The average molecular weight is 299 g/mol. The van der Waals surface area contributed by atoms with Crippen LogP contribution in [0, 0.1) is 5.92 Å². The van der Waals surface area contributed by atoms with Gasteiger partial charge in [-0.1, -0.05) is 46.3 Å². The second kappa shape index (κ2) is 7.14. The van der Waals surface area contributed by atoms with Crippen molar-refractivity contribution >= 4 is 15.9 Å². The monoisotopic (exact) mass is 298 g/mol. The first-order chi connectivity index (χ1) is 8.40. The van der Waals surface area contributed by atoms with Gasteiger partial charge in [-0.25, -0.2) is 0 Å². The van der Waals surface area contributed by atoms with Crippen LogP contribution in [0.2, 0.25) is 0 Å². The van der Waals surface area contributed by atoms with E-state index in [9.17, 15) is 0 Å². The van der Waals surface area contributed by atoms with E-state index < -0.39 is 0 Å². The van der Waals surface area contributed by atoms with Gasteiger partial charge in [-0.2, -0.15) is 0 Å². The Hall–Kier alpha value is -0.380. The zero-order chi connectivity index (χ0) is 11.9. The molecule has 0 saturated carbocycles. The lowest BCUT2D eigenvalue weighted by Gasteiger charge is -2.24. The van der Waals surface area contributed by atoms with Crippen LogP contribution in [0.4, 0.5) is 0 Å². The predicted molar refractivity (Wildman–Crippen MR) is 72.5 cm³/mol. The topological polar surface area (TPSA) is 18.5 Å². The summed E-state index contributed by atoms with van der Waals surface area (Å²) in [5.41, 5.74) is 1.25. The molecule has 1 aromatic carbocycles. The summed E-state index contributed by atoms with van der Waals surface area (Å²) in [4.78, 5) is 0. The number of hydrogen-bond acceptors (Lipinski definition) is 2. The second-order valence-electron chi connectivity index (χ2n) is 4.44. The van der Waals surface area contributed by atoms with E-state index in [0.29, 0.717) is 5.92 Å². The third kappa shape index (κ3) is 4.09. The van der Waals surface area contributed by atoms with Gasteiger partial charge in [0.15, 0.2) is 0 Å². The summed E-state index contributed by atoms with van der Waals surface area (Å²) >= 11 is 3.53. The third-order valence-electron chi connectivity index (χ3n) is 3.19. The minimum Gasteiger partial charge on any atom is -0.381 e. The molecule has 0 aromatic heterocycles. The van der Waals surface area contributed by atoms with Crippen LogP contribution < -0.4 is 0 Å². The Kier molecular flexibility index (Phi) is 5.49. The van der Waals surface area contributed by atoms with E-state index in [4.69, 9.17) is 9.47 Å². The molecule has 1 atom stereocenters. The minimum atomic E-state index is 0.166. The zero-order valence-corrected chi connectivity index (χ0v) is 11.6. The summed E-state index contributed by atoms with van der Waals surface area (Å²) in [5, 5.41) is 0.847. The predicted octanol–water partition coefficient (Wildman–Crippen LogP) is 3.57. The average Bonchev–Trinajstić information content (AvgIpc) is 2.42. The smallest absolute Gasteiger partial charge is 0.0921 e. The van der Waals surface area contributed by atoms with E-state index in [0.717, 1.165) is 38.0 Å². The lowest BCUT2D eigenvalue weighted by Crippen LogP contribution is -2.21. The van der Waals surface area contributed by atoms with E-state index in [1.807, 2.05) is 6.07 Å². The van der Waals surface area contributed by atoms with E-state index in [2.05, 4.69) is 40.2 Å². The van der Waals surface area contributed by atoms with Crippen molar-refractivity contribution in [1.29, 1.82) is 0 Å². The van der Waals surface area contributed by atoms with Crippen LogP contribution in [0.3, 0.4) is 0 Å². The van der Waals surface area contributed by atoms with Crippen molar-refractivity contribution < 1.29 is 9.47 Å². The highest BCUT2D eigenvalue weighted by Gasteiger charge is 2.17. The van der Waals surface area contributed by atoms with Gasteiger partial charge in [-0.05, 0) is 24.3 Å². The quantitative estimate of drug-likeness (QED) is 0.774. The molecule has 0 amide bonds. The van der Waals surface area contributed by atoms with E-state index in [1.54, 1.807) is 0 Å². The van der Waals surface area contributed by atoms with Crippen molar-refractivity contribution in [1.82, 2.24) is 0 Å². The fraction of sp³-hybridized carbons (Fsp3) is 0.571. The molecule has 1 aromatic rings. The first-order valence-electron chi connectivity index (χ1n) is 6.20. The van der Waals surface area contributed by atoms with Crippen molar-refractivity contribution in [2.45, 2.75) is 18.9 Å². The Morgan fingerprint density at radius 3 is 2.59 bits per heavy atom. The molecule has 1 aliphatic rings. The van der Waals surface area contributed by atoms with E-state index in [-0.39, 0.29) is 6.10 Å². The zero-order valence-electron chi connectivity index (χ0n) is 9.98. The molecule has 0 bridgehead atoms. The molecule has 0 N–H and O–H groups in total. The molecule has 94 valence electrons. The summed E-state index contributed by atoms with van der Waals surface area (Å²) in [6.45, 7) is 2.62. The molecule has 1 unspecified atom stereocenters. The van der Waals surface area contributed by atoms with Crippen LogP contribution in [-0.4, -0.2) is 25.2 Å². The molecular formula is C14H19BrO2. The van der Waals surface area contributed by atoms with Gasteiger partial charge in [0.25, 0.3) is 0 Å². The molecule has 3 heteroatoms. The minimum absolute atomic E-state index is 0.166. The molecule has 0 aliphatic carbocycles. The molecule has 17 heavy (non-hydrogen) atoms. The normalized spacial score (nSPS) is 19.1. The van der Waals surface area contributed by atoms with Crippen molar-refractivity contribution in [3.05, 3.63) is 35.9 Å². The molecule has 1 fully saturated rings. The van der Waals surface area contributed by atoms with Crippen LogP contribution >= 0.6 is 15.9 Å². The number of ether oxygens (including phenoxy) is 2.